The van der Waals surface area contributed by atoms with Gasteiger partial charge in [0.05, 0.1) is 6.04 Å². The maximum absolute atomic E-state index is 12.3. The Balaban J connectivity index is 2.02. The number of nitrogens with one attached hydrogen (secondary N) is 1. The van der Waals surface area contributed by atoms with Gasteiger partial charge in [-0.05, 0) is 49.7 Å². The van der Waals surface area contributed by atoms with Gasteiger partial charge in [0.25, 0.3) is 5.91 Å². The first kappa shape index (κ1) is 19.2. The van der Waals surface area contributed by atoms with E-state index < -0.39 is 6.10 Å². The summed E-state index contributed by atoms with van der Waals surface area (Å²) in [4.78, 5) is 12.3. The monoisotopic (exact) mass is 405 g/mol. The molecule has 0 aliphatic carbocycles. The molecule has 0 aliphatic rings. The molecule has 0 saturated carbocycles. The van der Waals surface area contributed by atoms with Gasteiger partial charge in [-0.25, -0.2) is 0 Å². The van der Waals surface area contributed by atoms with Crippen LogP contribution in [0.5, 0.6) is 5.75 Å². The van der Waals surface area contributed by atoms with Crippen molar-refractivity contribution in [3.63, 3.8) is 0 Å². The molecule has 1 N–H and O–H groups in total. The molecule has 0 radical (unpaired) electrons. The molecule has 0 spiro atoms. The van der Waals surface area contributed by atoms with E-state index in [1.54, 1.807) is 43.3 Å². The third-order valence-electron chi connectivity index (χ3n) is 3.31. The summed E-state index contributed by atoms with van der Waals surface area (Å²) in [7, 11) is 0. The fourth-order valence-electron chi connectivity index (χ4n) is 2.12. The fraction of sp³-hybridized carbons (Fsp3) is 0.235. The van der Waals surface area contributed by atoms with Crippen molar-refractivity contribution in [2.75, 3.05) is 0 Å². The average Bonchev–Trinajstić information content (AvgIpc) is 2.45. The van der Waals surface area contributed by atoms with Gasteiger partial charge in [0, 0.05) is 20.1 Å². The third kappa shape index (κ3) is 5.18. The number of ether oxygens (including phenoxy) is 1. The predicted octanol–water partition coefficient (Wildman–Crippen LogP) is 5.94. The molecule has 0 bridgehead atoms. The molecule has 0 unspecified atom stereocenters. The summed E-state index contributed by atoms with van der Waals surface area (Å²) in [6, 6.07) is 9.61. The fourth-order valence-corrected chi connectivity index (χ4v) is 3.19. The quantitative estimate of drug-likeness (QED) is 0.666. The summed E-state index contributed by atoms with van der Waals surface area (Å²) in [6.07, 6.45) is -0.729. The Hall–Kier alpha value is -1.13. The molecule has 2 aromatic rings. The van der Waals surface area contributed by atoms with Crippen molar-refractivity contribution in [1.82, 2.24) is 5.32 Å². The van der Waals surface area contributed by atoms with Gasteiger partial charge in [0.1, 0.15) is 5.75 Å². The van der Waals surface area contributed by atoms with Crippen LogP contribution in [0.25, 0.3) is 0 Å². The van der Waals surface area contributed by atoms with Crippen LogP contribution in [0.3, 0.4) is 0 Å². The average molecular weight is 407 g/mol. The molecule has 0 saturated heterocycles. The Bertz CT molecular complexity index is 731. The summed E-state index contributed by atoms with van der Waals surface area (Å²) in [5.41, 5.74) is 0.771. The minimum absolute atomic E-state index is 0.287. The number of carbonyl (C=O) groups excluding carboxylic acids is 1. The van der Waals surface area contributed by atoms with Crippen molar-refractivity contribution < 1.29 is 9.53 Å². The van der Waals surface area contributed by atoms with Gasteiger partial charge in [0.15, 0.2) is 6.10 Å². The molecular weight excluding hydrogens is 392 g/mol. The summed E-state index contributed by atoms with van der Waals surface area (Å²) in [5.74, 6) is 0.136. The standard InChI is InChI=1S/C17H15Cl4NO2/c1-9(15-4-3-11(18)8-16(15)21)22-17(23)10(2)24-14-6-12(19)5-13(20)7-14/h3-10H,1-2H3,(H,22,23)/t9-,10-/m1/s1. The Morgan fingerprint density at radius 1 is 0.958 bits per heavy atom. The van der Waals surface area contributed by atoms with Crippen LogP contribution in [0.4, 0.5) is 0 Å². The number of amides is 1. The summed E-state index contributed by atoms with van der Waals surface area (Å²) < 4.78 is 5.59. The predicted molar refractivity (Wildman–Crippen MR) is 99.6 cm³/mol. The topological polar surface area (TPSA) is 38.3 Å². The zero-order valence-electron chi connectivity index (χ0n) is 12.9. The van der Waals surface area contributed by atoms with Crippen molar-refractivity contribution in [2.45, 2.75) is 26.0 Å². The SMILES string of the molecule is C[C@@H](Oc1cc(Cl)cc(Cl)c1)C(=O)N[C@H](C)c1ccc(Cl)cc1Cl. The molecule has 0 heterocycles. The minimum atomic E-state index is -0.729. The number of rotatable bonds is 5. The Labute approximate surface area is 160 Å². The van der Waals surface area contributed by atoms with E-state index in [2.05, 4.69) is 5.32 Å². The Kier molecular flexibility index (Phi) is 6.64. The molecular formula is C17H15Cl4NO2. The second-order valence-corrected chi connectivity index (χ2v) is 6.98. The maximum atomic E-state index is 12.3. The van der Waals surface area contributed by atoms with Gasteiger partial charge in [-0.3, -0.25) is 4.79 Å². The van der Waals surface area contributed by atoms with Crippen LogP contribution < -0.4 is 10.1 Å². The number of halogens is 4. The smallest absolute Gasteiger partial charge is 0.261 e. The molecule has 3 nitrogen and oxygen atoms in total. The van der Waals surface area contributed by atoms with Gasteiger partial charge in [-0.2, -0.15) is 0 Å². The molecule has 0 aromatic heterocycles. The lowest BCUT2D eigenvalue weighted by atomic mass is 10.1. The van der Waals surface area contributed by atoms with Crippen LogP contribution in [0.15, 0.2) is 36.4 Å². The third-order valence-corrected chi connectivity index (χ3v) is 4.30. The van der Waals surface area contributed by atoms with E-state index in [1.165, 1.54) is 0 Å². The second-order valence-electron chi connectivity index (χ2n) is 5.26. The highest BCUT2D eigenvalue weighted by atomic mass is 35.5. The van der Waals surface area contributed by atoms with E-state index in [9.17, 15) is 4.79 Å². The Morgan fingerprint density at radius 2 is 1.58 bits per heavy atom. The molecule has 2 atom stereocenters. The number of hydrogen-bond donors (Lipinski definition) is 1. The normalized spacial score (nSPS) is 13.2. The van der Waals surface area contributed by atoms with Crippen molar-refractivity contribution in [1.29, 1.82) is 0 Å². The van der Waals surface area contributed by atoms with E-state index >= 15 is 0 Å². The van der Waals surface area contributed by atoms with E-state index in [1.807, 2.05) is 6.92 Å². The van der Waals surface area contributed by atoms with Crippen LogP contribution in [-0.2, 0) is 4.79 Å². The van der Waals surface area contributed by atoms with Gasteiger partial charge in [-0.15, -0.1) is 0 Å². The zero-order valence-corrected chi connectivity index (χ0v) is 16.0. The lowest BCUT2D eigenvalue weighted by Crippen LogP contribution is -2.37. The first-order valence-corrected chi connectivity index (χ1v) is 8.65. The zero-order chi connectivity index (χ0) is 17.9. The molecule has 7 heteroatoms. The van der Waals surface area contributed by atoms with E-state index in [-0.39, 0.29) is 11.9 Å². The first-order valence-electron chi connectivity index (χ1n) is 7.14. The summed E-state index contributed by atoms with van der Waals surface area (Å²) >= 11 is 23.9. The largest absolute Gasteiger partial charge is 0.481 e. The maximum Gasteiger partial charge on any atom is 0.261 e. The lowest BCUT2D eigenvalue weighted by Gasteiger charge is -2.20. The van der Waals surface area contributed by atoms with Gasteiger partial charge in [0.2, 0.25) is 0 Å². The second kappa shape index (κ2) is 8.30. The molecule has 24 heavy (non-hydrogen) atoms. The van der Waals surface area contributed by atoms with Crippen molar-refractivity contribution in [3.8, 4) is 5.75 Å². The van der Waals surface area contributed by atoms with E-state index in [0.29, 0.717) is 25.8 Å². The van der Waals surface area contributed by atoms with Crippen molar-refractivity contribution in [3.05, 3.63) is 62.1 Å². The van der Waals surface area contributed by atoms with Crippen LogP contribution in [0.1, 0.15) is 25.5 Å². The molecule has 128 valence electrons. The van der Waals surface area contributed by atoms with E-state index in [0.717, 1.165) is 5.56 Å². The Morgan fingerprint density at radius 3 is 2.17 bits per heavy atom. The van der Waals surface area contributed by atoms with Gasteiger partial charge in [-0.1, -0.05) is 52.5 Å². The van der Waals surface area contributed by atoms with Gasteiger partial charge >= 0.3 is 0 Å². The van der Waals surface area contributed by atoms with Crippen molar-refractivity contribution in [2.24, 2.45) is 0 Å². The first-order chi connectivity index (χ1) is 11.3. The van der Waals surface area contributed by atoms with Crippen LogP contribution in [0, 0.1) is 0 Å². The number of hydrogen-bond acceptors (Lipinski definition) is 2. The number of carbonyl (C=O) groups is 1. The van der Waals surface area contributed by atoms with Crippen LogP contribution >= 0.6 is 46.4 Å². The molecule has 0 fully saturated rings. The summed E-state index contributed by atoms with van der Waals surface area (Å²) in [5, 5.41) is 4.75. The molecule has 0 aliphatic heterocycles. The molecule has 2 aromatic carbocycles. The molecule has 1 amide bonds. The van der Waals surface area contributed by atoms with Gasteiger partial charge < -0.3 is 10.1 Å². The summed E-state index contributed by atoms with van der Waals surface area (Å²) in [6.45, 7) is 3.47. The minimum Gasteiger partial charge on any atom is -0.481 e. The highest BCUT2D eigenvalue weighted by molar-refractivity contribution is 6.35. The number of benzene rings is 2. The van der Waals surface area contributed by atoms with E-state index in [4.69, 9.17) is 51.1 Å². The lowest BCUT2D eigenvalue weighted by molar-refractivity contribution is -0.127. The van der Waals surface area contributed by atoms with Crippen LogP contribution in [0.2, 0.25) is 20.1 Å². The van der Waals surface area contributed by atoms with Crippen molar-refractivity contribution >= 4 is 52.3 Å². The highest BCUT2D eigenvalue weighted by Gasteiger charge is 2.19. The molecule has 2 rings (SSSR count). The van der Waals surface area contributed by atoms with Crippen LogP contribution in [-0.4, -0.2) is 12.0 Å². The highest BCUT2D eigenvalue weighted by Crippen LogP contribution is 2.27.